The Morgan fingerprint density at radius 3 is 2.56 bits per heavy atom. The lowest BCUT2D eigenvalue weighted by Crippen LogP contribution is -2.37. The summed E-state index contributed by atoms with van der Waals surface area (Å²) in [6, 6.07) is 0. The second kappa shape index (κ2) is 6.47. The Hall–Kier alpha value is -1.46. The van der Waals surface area contributed by atoms with Gasteiger partial charge < -0.3 is 5.11 Å². The van der Waals surface area contributed by atoms with E-state index in [1.807, 2.05) is 0 Å². The zero-order valence-corrected chi connectivity index (χ0v) is 11.4. The Bertz CT molecular complexity index is 387. The number of hydrogen-bond donors (Lipinski definition) is 1. The number of aromatic nitrogens is 4. The van der Waals surface area contributed by atoms with Crippen molar-refractivity contribution in [3.8, 4) is 0 Å². The Labute approximate surface area is 107 Å². The van der Waals surface area contributed by atoms with Gasteiger partial charge in [0.1, 0.15) is 0 Å². The molecule has 1 aromatic rings. The van der Waals surface area contributed by atoms with Gasteiger partial charge >= 0.3 is 5.97 Å². The SMILES string of the molecule is CCCCCCCc1nnnn1C(C)(C)C(=O)O. The van der Waals surface area contributed by atoms with E-state index in [0.717, 1.165) is 19.3 Å². The van der Waals surface area contributed by atoms with Crippen LogP contribution in [0.4, 0.5) is 0 Å². The summed E-state index contributed by atoms with van der Waals surface area (Å²) < 4.78 is 1.41. The first kappa shape index (κ1) is 14.6. The minimum absolute atomic E-state index is 0.652. The second-order valence-corrected chi connectivity index (χ2v) is 5.04. The number of aryl methyl sites for hydroxylation is 1. The highest BCUT2D eigenvalue weighted by Crippen LogP contribution is 2.16. The molecule has 0 aliphatic carbocycles. The van der Waals surface area contributed by atoms with Crippen molar-refractivity contribution in [2.75, 3.05) is 0 Å². The van der Waals surface area contributed by atoms with E-state index in [-0.39, 0.29) is 0 Å². The second-order valence-electron chi connectivity index (χ2n) is 5.04. The van der Waals surface area contributed by atoms with Crippen LogP contribution >= 0.6 is 0 Å². The molecule has 0 spiro atoms. The molecule has 0 aliphatic rings. The summed E-state index contributed by atoms with van der Waals surface area (Å²) in [4.78, 5) is 11.2. The smallest absolute Gasteiger partial charge is 0.331 e. The number of hydrogen-bond acceptors (Lipinski definition) is 4. The lowest BCUT2D eigenvalue weighted by molar-refractivity contribution is -0.146. The zero-order chi connectivity index (χ0) is 13.6. The summed E-state index contributed by atoms with van der Waals surface area (Å²) in [5.74, 6) is -0.277. The molecule has 6 nitrogen and oxygen atoms in total. The minimum Gasteiger partial charge on any atom is -0.479 e. The third-order valence-electron chi connectivity index (χ3n) is 3.09. The van der Waals surface area contributed by atoms with Crippen molar-refractivity contribution in [1.82, 2.24) is 20.2 Å². The van der Waals surface area contributed by atoms with Gasteiger partial charge in [-0.3, -0.25) is 0 Å². The molecule has 0 aromatic carbocycles. The van der Waals surface area contributed by atoms with Crippen molar-refractivity contribution in [1.29, 1.82) is 0 Å². The van der Waals surface area contributed by atoms with Gasteiger partial charge in [0.25, 0.3) is 0 Å². The highest BCUT2D eigenvalue weighted by atomic mass is 16.4. The first-order valence-electron chi connectivity index (χ1n) is 6.51. The van der Waals surface area contributed by atoms with E-state index in [1.165, 1.54) is 23.9 Å². The van der Waals surface area contributed by atoms with Crippen LogP contribution in [0, 0.1) is 0 Å². The third-order valence-corrected chi connectivity index (χ3v) is 3.09. The summed E-state index contributed by atoms with van der Waals surface area (Å²) >= 11 is 0. The van der Waals surface area contributed by atoms with Crippen LogP contribution in [-0.2, 0) is 16.8 Å². The van der Waals surface area contributed by atoms with Gasteiger partial charge in [-0.15, -0.1) is 5.10 Å². The maximum absolute atomic E-state index is 11.2. The van der Waals surface area contributed by atoms with Gasteiger partial charge in [0, 0.05) is 6.42 Å². The first-order chi connectivity index (χ1) is 8.50. The predicted octanol–water partition coefficient (Wildman–Crippen LogP) is 2.01. The Balaban J connectivity index is 2.58. The summed E-state index contributed by atoms with van der Waals surface area (Å²) in [7, 11) is 0. The lowest BCUT2D eigenvalue weighted by Gasteiger charge is -2.20. The quantitative estimate of drug-likeness (QED) is 0.718. The van der Waals surface area contributed by atoms with Crippen LogP contribution in [-0.4, -0.2) is 31.3 Å². The van der Waals surface area contributed by atoms with Crippen LogP contribution in [0.5, 0.6) is 0 Å². The molecule has 18 heavy (non-hydrogen) atoms. The number of rotatable bonds is 8. The van der Waals surface area contributed by atoms with E-state index in [9.17, 15) is 4.79 Å². The zero-order valence-electron chi connectivity index (χ0n) is 11.4. The normalized spacial score (nSPS) is 11.7. The van der Waals surface area contributed by atoms with Crippen LogP contribution in [0.15, 0.2) is 0 Å². The molecule has 1 N–H and O–H groups in total. The van der Waals surface area contributed by atoms with Gasteiger partial charge in [-0.05, 0) is 30.7 Å². The van der Waals surface area contributed by atoms with Crippen LogP contribution in [0.2, 0.25) is 0 Å². The molecule has 0 saturated carbocycles. The molecular formula is C12H22N4O2. The Kier molecular flexibility index (Phi) is 5.25. The Morgan fingerprint density at radius 2 is 1.94 bits per heavy atom. The van der Waals surface area contributed by atoms with Gasteiger partial charge in [-0.1, -0.05) is 32.6 Å². The lowest BCUT2D eigenvalue weighted by atomic mass is 10.1. The van der Waals surface area contributed by atoms with Gasteiger partial charge in [0.15, 0.2) is 11.4 Å². The largest absolute Gasteiger partial charge is 0.479 e. The molecule has 1 aromatic heterocycles. The van der Waals surface area contributed by atoms with Crippen molar-refractivity contribution < 1.29 is 9.90 Å². The highest BCUT2D eigenvalue weighted by molar-refractivity contribution is 5.75. The molecule has 6 heteroatoms. The third kappa shape index (κ3) is 3.51. The fraction of sp³-hybridized carbons (Fsp3) is 0.833. The summed E-state index contributed by atoms with van der Waals surface area (Å²) in [6.07, 6.45) is 6.52. The van der Waals surface area contributed by atoms with Crippen LogP contribution < -0.4 is 0 Å². The van der Waals surface area contributed by atoms with E-state index in [4.69, 9.17) is 5.11 Å². The number of aliphatic carboxylic acids is 1. The summed E-state index contributed by atoms with van der Waals surface area (Å²) in [5, 5.41) is 20.5. The molecule has 0 saturated heterocycles. The van der Waals surface area contributed by atoms with E-state index in [1.54, 1.807) is 13.8 Å². The topological polar surface area (TPSA) is 80.9 Å². The maximum Gasteiger partial charge on any atom is 0.331 e. The van der Waals surface area contributed by atoms with Crippen molar-refractivity contribution in [2.45, 2.75) is 64.8 Å². The van der Waals surface area contributed by atoms with Crippen molar-refractivity contribution >= 4 is 5.97 Å². The minimum atomic E-state index is -1.09. The van der Waals surface area contributed by atoms with Crippen molar-refractivity contribution in [3.05, 3.63) is 5.82 Å². The molecule has 0 fully saturated rings. The van der Waals surface area contributed by atoms with E-state index in [2.05, 4.69) is 22.4 Å². The molecule has 0 aliphatic heterocycles. The van der Waals surface area contributed by atoms with Gasteiger partial charge in [-0.2, -0.15) is 0 Å². The summed E-state index contributed by atoms with van der Waals surface area (Å²) in [6.45, 7) is 5.38. The molecule has 0 radical (unpaired) electrons. The fourth-order valence-electron chi connectivity index (χ4n) is 1.77. The van der Waals surface area contributed by atoms with Crippen LogP contribution in [0.3, 0.4) is 0 Å². The van der Waals surface area contributed by atoms with Crippen LogP contribution in [0.25, 0.3) is 0 Å². The first-order valence-corrected chi connectivity index (χ1v) is 6.51. The van der Waals surface area contributed by atoms with Crippen LogP contribution in [0.1, 0.15) is 58.7 Å². The molecule has 1 rings (SSSR count). The highest BCUT2D eigenvalue weighted by Gasteiger charge is 2.33. The number of carboxylic acids is 1. The molecule has 0 atom stereocenters. The molecule has 1 heterocycles. The molecule has 102 valence electrons. The number of nitrogens with zero attached hydrogens (tertiary/aromatic N) is 4. The fourth-order valence-corrected chi connectivity index (χ4v) is 1.77. The predicted molar refractivity (Wildman–Crippen MR) is 67.2 cm³/mol. The number of carbonyl (C=O) groups is 1. The summed E-state index contributed by atoms with van der Waals surface area (Å²) in [5.41, 5.74) is -1.09. The number of carboxylic acid groups (broad SMARTS) is 1. The van der Waals surface area contributed by atoms with Crippen molar-refractivity contribution in [2.24, 2.45) is 0 Å². The van der Waals surface area contributed by atoms with Gasteiger partial charge in [0.05, 0.1) is 0 Å². The average Bonchev–Trinajstić information content (AvgIpc) is 2.77. The molecule has 0 unspecified atom stereocenters. The van der Waals surface area contributed by atoms with Gasteiger partial charge in [-0.25, -0.2) is 9.48 Å². The van der Waals surface area contributed by atoms with E-state index < -0.39 is 11.5 Å². The Morgan fingerprint density at radius 1 is 1.28 bits per heavy atom. The van der Waals surface area contributed by atoms with E-state index in [0.29, 0.717) is 5.82 Å². The maximum atomic E-state index is 11.2. The average molecular weight is 254 g/mol. The number of tetrazole rings is 1. The number of unbranched alkanes of at least 4 members (excludes halogenated alkanes) is 4. The van der Waals surface area contributed by atoms with Gasteiger partial charge in [0.2, 0.25) is 0 Å². The standard InChI is InChI=1S/C12H22N4O2/c1-4-5-6-7-8-9-10-13-14-15-16(10)12(2,3)11(17)18/h4-9H2,1-3H3,(H,17,18). The molecule has 0 bridgehead atoms. The van der Waals surface area contributed by atoms with E-state index >= 15 is 0 Å². The van der Waals surface area contributed by atoms with Crippen molar-refractivity contribution in [3.63, 3.8) is 0 Å². The monoisotopic (exact) mass is 254 g/mol. The molecule has 0 amide bonds. The molecular weight excluding hydrogens is 232 g/mol.